The van der Waals surface area contributed by atoms with E-state index in [1.807, 2.05) is 30.8 Å². The van der Waals surface area contributed by atoms with E-state index in [4.69, 9.17) is 15.2 Å². The second-order valence-electron chi connectivity index (χ2n) is 4.46. The van der Waals surface area contributed by atoms with Crippen molar-refractivity contribution in [2.75, 3.05) is 6.79 Å². The zero-order valence-electron chi connectivity index (χ0n) is 10.7. The number of halogens is 1. The predicted octanol–water partition coefficient (Wildman–Crippen LogP) is 2.35. The molecule has 1 aliphatic rings. The Morgan fingerprint density at radius 3 is 2.68 bits per heavy atom. The minimum absolute atomic E-state index is 0.277. The summed E-state index contributed by atoms with van der Waals surface area (Å²) in [6, 6.07) is 3.97. The maximum atomic E-state index is 5.69. The van der Waals surface area contributed by atoms with E-state index in [0.29, 0.717) is 6.54 Å². The molecule has 19 heavy (non-hydrogen) atoms. The Kier molecular flexibility index (Phi) is 2.99. The molecular weight excluding hydrogens is 310 g/mol. The summed E-state index contributed by atoms with van der Waals surface area (Å²) in [5, 5.41) is 4.41. The molecule has 2 aromatic rings. The van der Waals surface area contributed by atoms with Gasteiger partial charge in [-0.05, 0) is 40.5 Å². The van der Waals surface area contributed by atoms with Gasteiger partial charge in [-0.15, -0.1) is 0 Å². The zero-order valence-corrected chi connectivity index (χ0v) is 12.3. The van der Waals surface area contributed by atoms with Crippen LogP contribution in [0.15, 0.2) is 16.6 Å². The summed E-state index contributed by atoms with van der Waals surface area (Å²) in [4.78, 5) is 0. The van der Waals surface area contributed by atoms with Gasteiger partial charge >= 0.3 is 0 Å². The lowest BCUT2D eigenvalue weighted by Gasteiger charge is -2.08. The van der Waals surface area contributed by atoms with Gasteiger partial charge < -0.3 is 15.2 Å². The lowest BCUT2D eigenvalue weighted by molar-refractivity contribution is 0.174. The van der Waals surface area contributed by atoms with Crippen LogP contribution in [0.2, 0.25) is 0 Å². The van der Waals surface area contributed by atoms with Crippen LogP contribution in [-0.4, -0.2) is 16.6 Å². The van der Waals surface area contributed by atoms with Gasteiger partial charge in [0.1, 0.15) is 0 Å². The largest absolute Gasteiger partial charge is 0.454 e. The third kappa shape index (κ3) is 1.91. The number of rotatable bonds is 2. The quantitative estimate of drug-likeness (QED) is 0.921. The summed E-state index contributed by atoms with van der Waals surface area (Å²) in [6.45, 7) is 2.72. The fourth-order valence-corrected chi connectivity index (χ4v) is 2.99. The van der Waals surface area contributed by atoms with Crippen molar-refractivity contribution in [1.29, 1.82) is 0 Å². The normalized spacial score (nSPS) is 13.1. The Bertz CT molecular complexity index is 652. The molecule has 0 spiro atoms. The molecule has 2 N–H and O–H groups in total. The molecule has 1 aromatic carbocycles. The number of aryl methyl sites for hydroxylation is 2. The number of nitrogens with zero attached hydrogens (tertiary/aromatic N) is 2. The van der Waals surface area contributed by atoms with Crippen molar-refractivity contribution < 1.29 is 9.47 Å². The highest BCUT2D eigenvalue weighted by Crippen LogP contribution is 2.40. The second kappa shape index (κ2) is 4.54. The molecule has 100 valence electrons. The third-order valence-electron chi connectivity index (χ3n) is 3.22. The minimum Gasteiger partial charge on any atom is -0.454 e. The first-order valence-electron chi connectivity index (χ1n) is 5.94. The smallest absolute Gasteiger partial charge is 0.231 e. The number of aromatic nitrogens is 2. The predicted molar refractivity (Wildman–Crippen MR) is 75.1 cm³/mol. The standard InChI is InChI=1S/C13H14BrN3O2/c1-7-3-10-11(19-6-18-10)4-8(7)13-12(14)9(5-15)16-17(13)2/h3-4H,5-6,15H2,1-2H3. The monoisotopic (exact) mass is 323 g/mol. The van der Waals surface area contributed by atoms with E-state index in [0.717, 1.165) is 38.5 Å². The molecule has 0 aliphatic carbocycles. The van der Waals surface area contributed by atoms with Crippen molar-refractivity contribution in [3.63, 3.8) is 0 Å². The van der Waals surface area contributed by atoms with Crippen LogP contribution in [0.25, 0.3) is 11.3 Å². The molecular formula is C13H14BrN3O2. The highest BCUT2D eigenvalue weighted by Gasteiger charge is 2.21. The van der Waals surface area contributed by atoms with Gasteiger partial charge in [-0.2, -0.15) is 5.10 Å². The molecule has 5 nitrogen and oxygen atoms in total. The first-order valence-corrected chi connectivity index (χ1v) is 6.73. The van der Waals surface area contributed by atoms with Crippen LogP contribution in [-0.2, 0) is 13.6 Å². The maximum absolute atomic E-state index is 5.69. The van der Waals surface area contributed by atoms with Crippen molar-refractivity contribution >= 4 is 15.9 Å². The molecule has 0 bridgehead atoms. The van der Waals surface area contributed by atoms with Crippen molar-refractivity contribution in [2.45, 2.75) is 13.5 Å². The molecule has 0 saturated carbocycles. The zero-order chi connectivity index (χ0) is 13.6. The molecule has 6 heteroatoms. The molecule has 1 aromatic heterocycles. The minimum atomic E-state index is 0.277. The first kappa shape index (κ1) is 12.5. The Hall–Kier alpha value is -1.53. The molecule has 0 unspecified atom stereocenters. The molecule has 0 saturated heterocycles. The molecule has 0 radical (unpaired) electrons. The molecule has 0 atom stereocenters. The Labute approximate surface area is 119 Å². The van der Waals surface area contributed by atoms with Gasteiger partial charge in [0.2, 0.25) is 6.79 Å². The van der Waals surface area contributed by atoms with Crippen LogP contribution in [0, 0.1) is 6.92 Å². The third-order valence-corrected chi connectivity index (χ3v) is 4.06. The van der Waals surface area contributed by atoms with Crippen LogP contribution in [0.1, 0.15) is 11.3 Å². The maximum Gasteiger partial charge on any atom is 0.231 e. The van der Waals surface area contributed by atoms with Crippen LogP contribution in [0.3, 0.4) is 0 Å². The summed E-state index contributed by atoms with van der Waals surface area (Å²) >= 11 is 3.58. The highest BCUT2D eigenvalue weighted by atomic mass is 79.9. The van der Waals surface area contributed by atoms with Crippen LogP contribution in [0.5, 0.6) is 11.5 Å². The van der Waals surface area contributed by atoms with Gasteiger partial charge in [0, 0.05) is 19.2 Å². The Morgan fingerprint density at radius 2 is 2.05 bits per heavy atom. The summed E-state index contributed by atoms with van der Waals surface area (Å²) in [7, 11) is 1.91. The fraction of sp³-hybridized carbons (Fsp3) is 0.308. The van der Waals surface area contributed by atoms with E-state index in [9.17, 15) is 0 Å². The average Bonchev–Trinajstić information content (AvgIpc) is 2.93. The average molecular weight is 324 g/mol. The van der Waals surface area contributed by atoms with Crippen molar-refractivity contribution in [1.82, 2.24) is 9.78 Å². The topological polar surface area (TPSA) is 62.3 Å². The van der Waals surface area contributed by atoms with Gasteiger partial charge in [-0.3, -0.25) is 4.68 Å². The summed E-state index contributed by atoms with van der Waals surface area (Å²) < 4.78 is 13.6. The van der Waals surface area contributed by atoms with Gasteiger partial charge in [-0.1, -0.05) is 0 Å². The Morgan fingerprint density at radius 1 is 1.37 bits per heavy atom. The van der Waals surface area contributed by atoms with E-state index < -0.39 is 0 Å². The van der Waals surface area contributed by atoms with Crippen LogP contribution >= 0.6 is 15.9 Å². The summed E-state index contributed by atoms with van der Waals surface area (Å²) in [5.41, 5.74) is 9.70. The second-order valence-corrected chi connectivity index (χ2v) is 5.25. The van der Waals surface area contributed by atoms with Gasteiger partial charge in [0.25, 0.3) is 0 Å². The summed E-state index contributed by atoms with van der Waals surface area (Å²) in [5.74, 6) is 1.56. The van der Waals surface area contributed by atoms with E-state index in [2.05, 4.69) is 21.0 Å². The lowest BCUT2D eigenvalue weighted by atomic mass is 10.0. The van der Waals surface area contributed by atoms with E-state index in [-0.39, 0.29) is 6.79 Å². The molecule has 2 heterocycles. The van der Waals surface area contributed by atoms with Gasteiger partial charge in [-0.25, -0.2) is 0 Å². The van der Waals surface area contributed by atoms with Crippen molar-refractivity contribution in [2.24, 2.45) is 12.8 Å². The van der Waals surface area contributed by atoms with E-state index >= 15 is 0 Å². The molecule has 3 rings (SSSR count). The molecule has 0 amide bonds. The van der Waals surface area contributed by atoms with Crippen LogP contribution < -0.4 is 15.2 Å². The fourth-order valence-electron chi connectivity index (χ4n) is 2.28. The van der Waals surface area contributed by atoms with Crippen molar-refractivity contribution in [3.8, 4) is 22.8 Å². The van der Waals surface area contributed by atoms with Gasteiger partial charge in [0.05, 0.1) is 15.9 Å². The van der Waals surface area contributed by atoms with Crippen molar-refractivity contribution in [3.05, 3.63) is 27.9 Å². The van der Waals surface area contributed by atoms with E-state index in [1.54, 1.807) is 0 Å². The number of benzene rings is 1. The lowest BCUT2D eigenvalue weighted by Crippen LogP contribution is -1.99. The van der Waals surface area contributed by atoms with E-state index in [1.165, 1.54) is 0 Å². The number of hydrogen-bond donors (Lipinski definition) is 1. The number of nitrogens with two attached hydrogens (primary N) is 1. The first-order chi connectivity index (χ1) is 9.11. The molecule has 1 aliphatic heterocycles. The Balaban J connectivity index is 2.20. The summed E-state index contributed by atoms with van der Waals surface area (Å²) in [6.07, 6.45) is 0. The highest BCUT2D eigenvalue weighted by molar-refractivity contribution is 9.10. The number of hydrogen-bond acceptors (Lipinski definition) is 4. The number of ether oxygens (including phenoxy) is 2. The number of fused-ring (bicyclic) bond motifs is 1. The molecule has 0 fully saturated rings. The van der Waals surface area contributed by atoms with Crippen LogP contribution in [0.4, 0.5) is 0 Å². The SMILES string of the molecule is Cc1cc2c(cc1-c1c(Br)c(CN)nn1C)OCO2. The van der Waals surface area contributed by atoms with Gasteiger partial charge in [0.15, 0.2) is 11.5 Å².